The first kappa shape index (κ1) is 15.8. The van der Waals surface area contributed by atoms with Crippen molar-refractivity contribution in [2.75, 3.05) is 0 Å². The first-order chi connectivity index (χ1) is 11.2. The van der Waals surface area contributed by atoms with Crippen LogP contribution in [0.1, 0.15) is 54.6 Å². The van der Waals surface area contributed by atoms with Gasteiger partial charge in [-0.05, 0) is 43.6 Å². The van der Waals surface area contributed by atoms with Crippen molar-refractivity contribution < 1.29 is 9.90 Å². The highest BCUT2D eigenvalue weighted by atomic mass is 16.4. The second-order valence-electron chi connectivity index (χ2n) is 6.31. The Morgan fingerprint density at radius 3 is 2.83 bits per heavy atom. The van der Waals surface area contributed by atoms with Gasteiger partial charge in [0.2, 0.25) is 0 Å². The molecule has 0 saturated carbocycles. The highest BCUT2D eigenvalue weighted by Gasteiger charge is 2.29. The summed E-state index contributed by atoms with van der Waals surface area (Å²) in [4.78, 5) is 11.2. The number of benzene rings is 1. The molecule has 1 heterocycles. The van der Waals surface area contributed by atoms with Crippen LogP contribution in [0.2, 0.25) is 0 Å². The van der Waals surface area contributed by atoms with E-state index in [2.05, 4.69) is 35.9 Å². The second kappa shape index (κ2) is 6.99. The van der Waals surface area contributed by atoms with E-state index in [1.807, 2.05) is 6.07 Å². The van der Waals surface area contributed by atoms with E-state index < -0.39 is 5.97 Å². The van der Waals surface area contributed by atoms with Gasteiger partial charge < -0.3 is 5.11 Å². The highest BCUT2D eigenvalue weighted by molar-refractivity contribution is 5.68. The Bertz CT molecular complexity index is 676. The molecule has 1 aromatic heterocycles. The first-order valence-corrected chi connectivity index (χ1v) is 8.53. The van der Waals surface area contributed by atoms with Gasteiger partial charge in [0, 0.05) is 17.8 Å². The van der Waals surface area contributed by atoms with Gasteiger partial charge in [-0.15, -0.1) is 0 Å². The molecular formula is C19H24N2O2. The molecule has 1 aliphatic rings. The van der Waals surface area contributed by atoms with Crippen molar-refractivity contribution in [1.29, 1.82) is 0 Å². The van der Waals surface area contributed by atoms with Crippen LogP contribution in [0.15, 0.2) is 30.3 Å². The van der Waals surface area contributed by atoms with Crippen LogP contribution >= 0.6 is 0 Å². The number of carboxylic acid groups (broad SMARTS) is 1. The average molecular weight is 312 g/mol. The van der Waals surface area contributed by atoms with Crippen molar-refractivity contribution in [3.63, 3.8) is 0 Å². The van der Waals surface area contributed by atoms with E-state index in [0.29, 0.717) is 0 Å². The van der Waals surface area contributed by atoms with E-state index in [1.165, 1.54) is 16.8 Å². The van der Waals surface area contributed by atoms with Crippen molar-refractivity contribution in [3.8, 4) is 0 Å². The van der Waals surface area contributed by atoms with E-state index in [0.717, 1.165) is 44.3 Å². The van der Waals surface area contributed by atoms with Crippen LogP contribution in [0.25, 0.3) is 0 Å². The van der Waals surface area contributed by atoms with Gasteiger partial charge in [0.05, 0.1) is 12.1 Å². The van der Waals surface area contributed by atoms with Crippen LogP contribution < -0.4 is 0 Å². The number of hydrogen-bond acceptors (Lipinski definition) is 2. The normalized spacial score (nSPS) is 17.0. The number of carbonyl (C=O) groups is 1. The molecule has 0 amide bonds. The minimum atomic E-state index is -0.707. The monoisotopic (exact) mass is 312 g/mol. The molecule has 23 heavy (non-hydrogen) atoms. The smallest absolute Gasteiger partial charge is 0.303 e. The van der Waals surface area contributed by atoms with E-state index in [-0.39, 0.29) is 12.3 Å². The molecule has 1 N–H and O–H groups in total. The number of rotatable bonds is 6. The maximum Gasteiger partial charge on any atom is 0.303 e. The third kappa shape index (κ3) is 3.46. The molecule has 1 atom stereocenters. The Labute approximate surface area is 137 Å². The van der Waals surface area contributed by atoms with Crippen LogP contribution in [-0.2, 0) is 30.6 Å². The van der Waals surface area contributed by atoms with E-state index >= 15 is 0 Å². The molecule has 4 nitrogen and oxygen atoms in total. The molecule has 0 radical (unpaired) electrons. The van der Waals surface area contributed by atoms with Gasteiger partial charge in [-0.3, -0.25) is 9.48 Å². The summed E-state index contributed by atoms with van der Waals surface area (Å²) in [6, 6.07) is 10.4. The van der Waals surface area contributed by atoms with Crippen LogP contribution in [0, 0.1) is 0 Å². The van der Waals surface area contributed by atoms with Crippen molar-refractivity contribution in [3.05, 3.63) is 52.8 Å². The predicted molar refractivity (Wildman–Crippen MR) is 89.7 cm³/mol. The summed E-state index contributed by atoms with van der Waals surface area (Å²) >= 11 is 0. The fourth-order valence-corrected chi connectivity index (χ4v) is 3.70. The lowest BCUT2D eigenvalue weighted by Crippen LogP contribution is -2.16. The second-order valence-corrected chi connectivity index (χ2v) is 6.31. The number of aryl methyl sites for hydroxylation is 3. The highest BCUT2D eigenvalue weighted by Crippen LogP contribution is 2.36. The Balaban J connectivity index is 1.84. The number of hydrogen-bond donors (Lipinski definition) is 1. The zero-order chi connectivity index (χ0) is 16.2. The van der Waals surface area contributed by atoms with Gasteiger partial charge in [-0.1, -0.05) is 37.3 Å². The number of aromatic nitrogens is 2. The van der Waals surface area contributed by atoms with Gasteiger partial charge in [-0.2, -0.15) is 5.10 Å². The summed E-state index contributed by atoms with van der Waals surface area (Å²) in [5.74, 6) is -0.571. The molecule has 2 aromatic rings. The van der Waals surface area contributed by atoms with Gasteiger partial charge >= 0.3 is 5.97 Å². The van der Waals surface area contributed by atoms with Crippen molar-refractivity contribution in [2.24, 2.45) is 0 Å². The summed E-state index contributed by atoms with van der Waals surface area (Å²) in [6.45, 7) is 2.97. The number of fused-ring (bicyclic) bond motifs is 1. The fourth-order valence-electron chi connectivity index (χ4n) is 3.70. The summed E-state index contributed by atoms with van der Waals surface area (Å²) in [6.07, 6.45) is 5.11. The Morgan fingerprint density at radius 1 is 1.35 bits per heavy atom. The lowest BCUT2D eigenvalue weighted by Gasteiger charge is -2.22. The molecule has 0 fully saturated rings. The molecule has 122 valence electrons. The van der Waals surface area contributed by atoms with Crippen molar-refractivity contribution in [2.45, 2.75) is 57.9 Å². The topological polar surface area (TPSA) is 55.1 Å². The van der Waals surface area contributed by atoms with Gasteiger partial charge in [0.25, 0.3) is 0 Å². The maximum atomic E-state index is 11.2. The van der Waals surface area contributed by atoms with Gasteiger partial charge in [0.15, 0.2) is 0 Å². The Morgan fingerprint density at radius 2 is 2.13 bits per heavy atom. The first-order valence-electron chi connectivity index (χ1n) is 8.53. The average Bonchev–Trinajstić information content (AvgIpc) is 2.92. The maximum absolute atomic E-state index is 11.2. The molecule has 0 saturated heterocycles. The molecule has 0 aliphatic heterocycles. The van der Waals surface area contributed by atoms with Crippen molar-refractivity contribution in [1.82, 2.24) is 9.78 Å². The van der Waals surface area contributed by atoms with Gasteiger partial charge in [-0.25, -0.2) is 0 Å². The number of aliphatic carboxylic acids is 1. The zero-order valence-electron chi connectivity index (χ0n) is 13.7. The Kier molecular flexibility index (Phi) is 4.79. The third-order valence-electron chi connectivity index (χ3n) is 4.76. The van der Waals surface area contributed by atoms with Crippen LogP contribution in [0.3, 0.4) is 0 Å². The number of nitrogens with zero attached hydrogens (tertiary/aromatic N) is 2. The standard InChI is InChI=1S/C19H24N2O2/c1-2-16-19-15(13-18(22)23)9-6-10-17(19)21(20-16)12-11-14-7-4-3-5-8-14/h3-5,7-8,15H,2,6,9-13H2,1H3,(H,22,23). The van der Waals surface area contributed by atoms with Crippen LogP contribution in [-0.4, -0.2) is 20.9 Å². The Hall–Kier alpha value is -2.10. The summed E-state index contributed by atoms with van der Waals surface area (Å²) in [7, 11) is 0. The van der Waals surface area contributed by atoms with E-state index in [4.69, 9.17) is 5.10 Å². The zero-order valence-corrected chi connectivity index (χ0v) is 13.7. The minimum absolute atomic E-state index is 0.136. The lowest BCUT2D eigenvalue weighted by atomic mass is 9.82. The molecule has 1 aliphatic carbocycles. The quantitative estimate of drug-likeness (QED) is 0.887. The van der Waals surface area contributed by atoms with E-state index in [9.17, 15) is 9.90 Å². The molecule has 1 unspecified atom stereocenters. The number of carboxylic acids is 1. The third-order valence-corrected chi connectivity index (χ3v) is 4.76. The lowest BCUT2D eigenvalue weighted by molar-refractivity contribution is -0.137. The summed E-state index contributed by atoms with van der Waals surface area (Å²) in [5, 5.41) is 14.0. The predicted octanol–water partition coefficient (Wildman–Crippen LogP) is 3.58. The molecule has 1 aromatic carbocycles. The summed E-state index contributed by atoms with van der Waals surface area (Å²) < 4.78 is 2.13. The van der Waals surface area contributed by atoms with Crippen molar-refractivity contribution >= 4 is 5.97 Å². The van der Waals surface area contributed by atoms with Gasteiger partial charge in [0.1, 0.15) is 0 Å². The molecule has 0 spiro atoms. The van der Waals surface area contributed by atoms with Crippen LogP contribution in [0.5, 0.6) is 0 Å². The molecule has 3 rings (SSSR count). The minimum Gasteiger partial charge on any atom is -0.481 e. The largest absolute Gasteiger partial charge is 0.481 e. The molecular weight excluding hydrogens is 288 g/mol. The SMILES string of the molecule is CCc1nn(CCc2ccccc2)c2c1C(CC(=O)O)CCC2. The molecule has 4 heteroatoms. The van der Waals surface area contributed by atoms with E-state index in [1.54, 1.807) is 0 Å². The van der Waals surface area contributed by atoms with Crippen LogP contribution in [0.4, 0.5) is 0 Å². The molecule has 0 bridgehead atoms. The fraction of sp³-hybridized carbons (Fsp3) is 0.474. The summed E-state index contributed by atoms with van der Waals surface area (Å²) in [5.41, 5.74) is 4.91.